The van der Waals surface area contributed by atoms with Crippen molar-refractivity contribution in [3.63, 3.8) is 0 Å². The first-order valence-electron chi connectivity index (χ1n) is 8.05. The van der Waals surface area contributed by atoms with Gasteiger partial charge in [0.2, 0.25) is 5.91 Å². The van der Waals surface area contributed by atoms with E-state index in [2.05, 4.69) is 29.3 Å². The summed E-state index contributed by atoms with van der Waals surface area (Å²) < 4.78 is 10.2. The number of fused-ring (bicyclic) bond motifs is 1. The lowest BCUT2D eigenvalue weighted by atomic mass is 10.1. The fourth-order valence-electron chi connectivity index (χ4n) is 2.38. The molecule has 132 valence electrons. The second kappa shape index (κ2) is 7.69. The van der Waals surface area contributed by atoms with Crippen molar-refractivity contribution in [3.8, 4) is 0 Å². The lowest BCUT2D eigenvalue weighted by Gasteiger charge is -2.23. The molecule has 8 heteroatoms. The van der Waals surface area contributed by atoms with Crippen LogP contribution in [0.3, 0.4) is 0 Å². The van der Waals surface area contributed by atoms with Crippen molar-refractivity contribution in [1.29, 1.82) is 0 Å². The molecule has 0 saturated heterocycles. The summed E-state index contributed by atoms with van der Waals surface area (Å²) in [6.07, 6.45) is 0.688. The Morgan fingerprint density at radius 1 is 1.40 bits per heavy atom. The molecule has 7 nitrogen and oxygen atoms in total. The number of esters is 1. The number of hydrogen-bond acceptors (Lipinski definition) is 7. The normalized spacial score (nSPS) is 16.4. The Morgan fingerprint density at radius 3 is 3.00 bits per heavy atom. The summed E-state index contributed by atoms with van der Waals surface area (Å²) in [5, 5.41) is 6.13. The topological polar surface area (TPSA) is 94.3 Å². The third-order valence-corrected chi connectivity index (χ3v) is 4.79. The molecule has 2 heterocycles. The molecule has 1 N–H and O–H groups in total. The Morgan fingerprint density at radius 2 is 2.20 bits per heavy atom. The molecule has 1 aliphatic rings. The van der Waals surface area contributed by atoms with Crippen molar-refractivity contribution < 1.29 is 18.8 Å². The number of nitrogens with zero attached hydrogens (tertiary/aromatic N) is 2. The molecular weight excluding hydrogens is 342 g/mol. The molecule has 0 aliphatic carbocycles. The lowest BCUT2D eigenvalue weighted by molar-refractivity contribution is -0.146. The molecule has 0 radical (unpaired) electrons. The van der Waals surface area contributed by atoms with Gasteiger partial charge >= 0.3 is 5.97 Å². The monoisotopic (exact) mass is 361 g/mol. The molecule has 2 aromatic rings. The highest BCUT2D eigenvalue weighted by atomic mass is 32.2. The van der Waals surface area contributed by atoms with Crippen LogP contribution in [0, 0.1) is 5.92 Å². The molecular formula is C17H19N3O4S. The third kappa shape index (κ3) is 4.60. The van der Waals surface area contributed by atoms with E-state index in [0.29, 0.717) is 18.2 Å². The summed E-state index contributed by atoms with van der Waals surface area (Å²) >= 11 is 1.36. The molecule has 25 heavy (non-hydrogen) atoms. The average molecular weight is 361 g/mol. The number of anilines is 1. The van der Waals surface area contributed by atoms with E-state index >= 15 is 0 Å². The van der Waals surface area contributed by atoms with Crippen LogP contribution in [0.2, 0.25) is 0 Å². The number of ether oxygens (including phenoxy) is 1. The van der Waals surface area contributed by atoms with E-state index < -0.39 is 11.2 Å². The van der Waals surface area contributed by atoms with Gasteiger partial charge in [-0.2, -0.15) is 4.98 Å². The highest BCUT2D eigenvalue weighted by molar-refractivity contribution is 8.01. The molecule has 0 bridgehead atoms. The number of carbonyl (C=O) groups excluding carboxylic acids is 2. The lowest BCUT2D eigenvalue weighted by Crippen LogP contribution is -2.31. The molecule has 1 aliphatic heterocycles. The fourth-order valence-corrected chi connectivity index (χ4v) is 3.47. The Hall–Kier alpha value is -2.35. The number of para-hydroxylation sites is 1. The largest absolute Gasteiger partial charge is 0.456 e. The van der Waals surface area contributed by atoms with Gasteiger partial charge in [0.25, 0.3) is 5.89 Å². The van der Waals surface area contributed by atoms with Gasteiger partial charge in [-0.1, -0.05) is 31.1 Å². The van der Waals surface area contributed by atoms with Crippen LogP contribution in [0.5, 0.6) is 0 Å². The second-order valence-corrected chi connectivity index (χ2v) is 7.40. The van der Waals surface area contributed by atoms with Gasteiger partial charge in [-0.3, -0.25) is 9.59 Å². The number of nitrogens with one attached hydrogen (secondary N) is 1. The fraction of sp³-hybridized carbons (Fsp3) is 0.412. The van der Waals surface area contributed by atoms with E-state index in [1.807, 2.05) is 24.3 Å². The van der Waals surface area contributed by atoms with Crippen molar-refractivity contribution in [2.75, 3.05) is 5.32 Å². The summed E-state index contributed by atoms with van der Waals surface area (Å²) in [6.45, 7) is 4.03. The first kappa shape index (κ1) is 17.5. The number of thioether (sulfide) groups is 1. The van der Waals surface area contributed by atoms with Crippen LogP contribution < -0.4 is 5.32 Å². The smallest absolute Gasteiger partial charge is 0.307 e. The van der Waals surface area contributed by atoms with E-state index in [1.54, 1.807) is 0 Å². The molecule has 0 fully saturated rings. The van der Waals surface area contributed by atoms with Gasteiger partial charge in [0.05, 0.1) is 17.4 Å². The summed E-state index contributed by atoms with van der Waals surface area (Å²) in [6, 6.07) is 7.49. The van der Waals surface area contributed by atoms with Gasteiger partial charge in [0.15, 0.2) is 12.4 Å². The van der Waals surface area contributed by atoms with E-state index in [-0.39, 0.29) is 24.8 Å². The predicted molar refractivity (Wildman–Crippen MR) is 92.0 cm³/mol. The number of amides is 1. The number of benzene rings is 1. The number of rotatable bonds is 6. The Kier molecular flexibility index (Phi) is 5.37. The zero-order valence-electron chi connectivity index (χ0n) is 14.0. The SMILES string of the molecule is CC(C)Cc1noc(COC(=O)CC2Sc3ccccc3NC2=O)n1. The van der Waals surface area contributed by atoms with Crippen LogP contribution in [0.1, 0.15) is 32.0 Å². The van der Waals surface area contributed by atoms with Crippen molar-refractivity contribution in [2.24, 2.45) is 5.92 Å². The Bertz CT molecular complexity index is 775. The van der Waals surface area contributed by atoms with Crippen LogP contribution in [-0.2, 0) is 27.4 Å². The molecule has 1 amide bonds. The van der Waals surface area contributed by atoms with Crippen LogP contribution in [-0.4, -0.2) is 27.3 Å². The quantitative estimate of drug-likeness (QED) is 0.791. The third-order valence-electron chi connectivity index (χ3n) is 3.52. The molecule has 1 aromatic heterocycles. The molecule has 1 aromatic carbocycles. The molecule has 0 saturated carbocycles. The van der Waals surface area contributed by atoms with Crippen LogP contribution >= 0.6 is 11.8 Å². The minimum absolute atomic E-state index is 0.0160. The van der Waals surface area contributed by atoms with Crippen molar-refractivity contribution in [1.82, 2.24) is 10.1 Å². The summed E-state index contributed by atoms with van der Waals surface area (Å²) in [5.41, 5.74) is 0.769. The highest BCUT2D eigenvalue weighted by Gasteiger charge is 2.29. The number of carbonyl (C=O) groups is 2. The van der Waals surface area contributed by atoms with E-state index in [9.17, 15) is 9.59 Å². The van der Waals surface area contributed by atoms with Gasteiger partial charge in [-0.05, 0) is 18.1 Å². The Balaban J connectivity index is 1.51. The zero-order valence-corrected chi connectivity index (χ0v) is 14.8. The molecule has 1 unspecified atom stereocenters. The summed E-state index contributed by atoms with van der Waals surface area (Å²) in [4.78, 5) is 29.2. The van der Waals surface area contributed by atoms with Crippen LogP contribution in [0.25, 0.3) is 0 Å². The van der Waals surface area contributed by atoms with Crippen molar-refractivity contribution in [2.45, 2.75) is 43.4 Å². The molecule has 3 rings (SSSR count). The van der Waals surface area contributed by atoms with Gasteiger partial charge in [0, 0.05) is 11.3 Å². The number of hydrogen-bond donors (Lipinski definition) is 1. The van der Waals surface area contributed by atoms with Gasteiger partial charge in [-0.15, -0.1) is 11.8 Å². The van der Waals surface area contributed by atoms with Gasteiger partial charge in [0.1, 0.15) is 0 Å². The first-order valence-corrected chi connectivity index (χ1v) is 8.93. The highest BCUT2D eigenvalue weighted by Crippen LogP contribution is 2.36. The minimum Gasteiger partial charge on any atom is -0.456 e. The number of aromatic nitrogens is 2. The molecule has 0 spiro atoms. The maximum Gasteiger partial charge on any atom is 0.307 e. The predicted octanol–water partition coefficient (Wildman–Crippen LogP) is 2.81. The van der Waals surface area contributed by atoms with Gasteiger partial charge in [-0.25, -0.2) is 0 Å². The van der Waals surface area contributed by atoms with E-state index in [4.69, 9.17) is 9.26 Å². The summed E-state index contributed by atoms with van der Waals surface area (Å²) in [5.74, 6) is 0.598. The maximum absolute atomic E-state index is 12.1. The maximum atomic E-state index is 12.1. The van der Waals surface area contributed by atoms with Crippen molar-refractivity contribution >= 4 is 29.3 Å². The summed E-state index contributed by atoms with van der Waals surface area (Å²) in [7, 11) is 0. The first-order chi connectivity index (χ1) is 12.0. The van der Waals surface area contributed by atoms with Crippen molar-refractivity contribution in [3.05, 3.63) is 36.0 Å². The van der Waals surface area contributed by atoms with Gasteiger partial charge < -0.3 is 14.6 Å². The Labute approximate surface area is 149 Å². The van der Waals surface area contributed by atoms with Crippen LogP contribution in [0.4, 0.5) is 5.69 Å². The van der Waals surface area contributed by atoms with E-state index in [0.717, 1.165) is 10.6 Å². The second-order valence-electron chi connectivity index (χ2n) is 6.16. The molecule has 1 atom stereocenters. The van der Waals surface area contributed by atoms with E-state index in [1.165, 1.54) is 11.8 Å². The standard InChI is InChI=1S/C17H19N3O4S/c1-10(2)7-14-19-15(24-20-14)9-23-16(21)8-13-17(22)18-11-5-3-4-6-12(11)25-13/h3-6,10,13H,7-9H2,1-2H3,(H,18,22). The van der Waals surface area contributed by atoms with Crippen LogP contribution in [0.15, 0.2) is 33.7 Å². The average Bonchev–Trinajstić information content (AvgIpc) is 3.00. The zero-order chi connectivity index (χ0) is 17.8. The minimum atomic E-state index is -0.512.